The molecule has 1 amide bonds. The van der Waals surface area contributed by atoms with Crippen molar-refractivity contribution in [3.63, 3.8) is 0 Å². The van der Waals surface area contributed by atoms with Gasteiger partial charge in [0, 0.05) is 5.69 Å². The van der Waals surface area contributed by atoms with Gasteiger partial charge in [0.05, 0.1) is 22.8 Å². The minimum absolute atomic E-state index is 0.0141. The Kier molecular flexibility index (Phi) is 4.92. The minimum atomic E-state index is -0.0141. The summed E-state index contributed by atoms with van der Waals surface area (Å²) in [5.41, 5.74) is 2.94. The van der Waals surface area contributed by atoms with Gasteiger partial charge >= 0.3 is 0 Å². The van der Waals surface area contributed by atoms with Gasteiger partial charge in [-0.25, -0.2) is 4.98 Å². The molecule has 2 aromatic carbocycles. The molecule has 1 N–H and O–H groups in total. The Morgan fingerprint density at radius 2 is 1.92 bits per heavy atom. The number of carbonyl (C=O) groups excluding carboxylic acids is 1. The van der Waals surface area contributed by atoms with Gasteiger partial charge in [0.15, 0.2) is 0 Å². The molecule has 1 heterocycles. The van der Waals surface area contributed by atoms with Crippen molar-refractivity contribution < 1.29 is 4.79 Å². The molecule has 1 atom stereocenters. The SMILES string of the molecule is Cc1ccccc1NC(=O)CN(C)[C@@H](C)c1nc2ccccc2s1. The van der Waals surface area contributed by atoms with E-state index in [1.54, 1.807) is 11.3 Å². The molecule has 3 rings (SSSR count). The molecule has 0 fully saturated rings. The minimum Gasteiger partial charge on any atom is -0.325 e. The fraction of sp³-hybridized carbons (Fsp3) is 0.263. The first-order valence-corrected chi connectivity index (χ1v) is 8.77. The van der Waals surface area contributed by atoms with Gasteiger partial charge in [0.2, 0.25) is 5.91 Å². The van der Waals surface area contributed by atoms with Gasteiger partial charge in [-0.1, -0.05) is 30.3 Å². The van der Waals surface area contributed by atoms with Crippen molar-refractivity contribution in [3.05, 3.63) is 59.1 Å². The summed E-state index contributed by atoms with van der Waals surface area (Å²) in [5.74, 6) is -0.0141. The van der Waals surface area contributed by atoms with Gasteiger partial charge in [-0.15, -0.1) is 11.3 Å². The fourth-order valence-electron chi connectivity index (χ4n) is 2.52. The highest BCUT2D eigenvalue weighted by Gasteiger charge is 2.18. The van der Waals surface area contributed by atoms with E-state index in [1.165, 1.54) is 4.70 Å². The maximum Gasteiger partial charge on any atom is 0.238 e. The van der Waals surface area contributed by atoms with Gasteiger partial charge in [0.1, 0.15) is 5.01 Å². The molecule has 5 heteroatoms. The highest BCUT2D eigenvalue weighted by atomic mass is 32.1. The van der Waals surface area contributed by atoms with Crippen LogP contribution in [0.25, 0.3) is 10.2 Å². The van der Waals surface area contributed by atoms with E-state index >= 15 is 0 Å². The number of carbonyl (C=O) groups is 1. The lowest BCUT2D eigenvalue weighted by molar-refractivity contribution is -0.117. The number of rotatable bonds is 5. The van der Waals surface area contributed by atoms with Crippen LogP contribution in [0.5, 0.6) is 0 Å². The first kappa shape index (κ1) is 16.6. The number of nitrogens with zero attached hydrogens (tertiary/aromatic N) is 2. The van der Waals surface area contributed by atoms with Crippen molar-refractivity contribution >= 4 is 33.1 Å². The third-order valence-corrected chi connectivity index (χ3v) is 5.35. The number of aryl methyl sites for hydroxylation is 1. The monoisotopic (exact) mass is 339 g/mol. The number of hydrogen-bond acceptors (Lipinski definition) is 4. The number of benzene rings is 2. The lowest BCUT2D eigenvalue weighted by atomic mass is 10.2. The Balaban J connectivity index is 1.66. The molecule has 0 spiro atoms. The van der Waals surface area contributed by atoms with Crippen LogP contribution in [0.2, 0.25) is 0 Å². The zero-order valence-electron chi connectivity index (χ0n) is 14.1. The maximum atomic E-state index is 12.3. The van der Waals surface area contributed by atoms with Gasteiger partial charge < -0.3 is 5.32 Å². The van der Waals surface area contributed by atoms with Crippen molar-refractivity contribution in [1.82, 2.24) is 9.88 Å². The molecule has 124 valence electrons. The lowest BCUT2D eigenvalue weighted by Gasteiger charge is -2.22. The molecule has 0 unspecified atom stereocenters. The van der Waals surface area contributed by atoms with Gasteiger partial charge in [-0.3, -0.25) is 9.69 Å². The Hall–Kier alpha value is -2.24. The zero-order chi connectivity index (χ0) is 17.1. The molecule has 0 bridgehead atoms. The lowest BCUT2D eigenvalue weighted by Crippen LogP contribution is -2.32. The van der Waals surface area contributed by atoms with Gasteiger partial charge in [0.25, 0.3) is 0 Å². The van der Waals surface area contributed by atoms with Crippen molar-refractivity contribution in [2.75, 3.05) is 18.9 Å². The van der Waals surface area contributed by atoms with E-state index < -0.39 is 0 Å². The Morgan fingerprint density at radius 1 is 1.21 bits per heavy atom. The van der Waals surface area contributed by atoms with E-state index in [1.807, 2.05) is 61.3 Å². The van der Waals surface area contributed by atoms with Gasteiger partial charge in [-0.05, 0) is 44.7 Å². The van der Waals surface area contributed by atoms with E-state index in [0.717, 1.165) is 21.8 Å². The largest absolute Gasteiger partial charge is 0.325 e. The predicted octanol–water partition coefficient (Wildman–Crippen LogP) is 4.24. The summed E-state index contributed by atoms with van der Waals surface area (Å²) in [6, 6.07) is 16.0. The van der Waals surface area contributed by atoms with Gasteiger partial charge in [-0.2, -0.15) is 0 Å². The molecule has 0 radical (unpaired) electrons. The molecule has 0 saturated carbocycles. The van der Waals surface area contributed by atoms with E-state index in [9.17, 15) is 4.79 Å². The molecule has 4 nitrogen and oxygen atoms in total. The first-order valence-electron chi connectivity index (χ1n) is 7.96. The smallest absolute Gasteiger partial charge is 0.238 e. The van der Waals surface area contributed by atoms with Crippen LogP contribution in [0, 0.1) is 6.92 Å². The summed E-state index contributed by atoms with van der Waals surface area (Å²) in [4.78, 5) is 19.0. The number of anilines is 1. The molecular formula is C19H21N3OS. The summed E-state index contributed by atoms with van der Waals surface area (Å²) in [6.07, 6.45) is 0. The maximum absolute atomic E-state index is 12.3. The quantitative estimate of drug-likeness (QED) is 0.756. The van der Waals surface area contributed by atoms with Crippen LogP contribution >= 0.6 is 11.3 Å². The topological polar surface area (TPSA) is 45.2 Å². The van der Waals surface area contributed by atoms with Crippen LogP contribution in [-0.2, 0) is 4.79 Å². The second-order valence-corrected chi connectivity index (χ2v) is 7.04. The Labute approximate surface area is 146 Å². The molecule has 0 saturated heterocycles. The van der Waals surface area contributed by atoms with Crippen molar-refractivity contribution in [2.45, 2.75) is 19.9 Å². The fourth-order valence-corrected chi connectivity index (χ4v) is 3.61. The number of hydrogen-bond donors (Lipinski definition) is 1. The molecular weight excluding hydrogens is 318 g/mol. The number of thiazole rings is 1. The second kappa shape index (κ2) is 7.11. The first-order chi connectivity index (χ1) is 11.5. The summed E-state index contributed by atoms with van der Waals surface area (Å²) >= 11 is 1.68. The van der Waals surface area contributed by atoms with Crippen molar-refractivity contribution in [3.8, 4) is 0 Å². The molecule has 0 aliphatic rings. The third-order valence-electron chi connectivity index (χ3n) is 4.14. The number of amides is 1. The highest BCUT2D eigenvalue weighted by Crippen LogP contribution is 2.28. The van der Waals surface area contributed by atoms with E-state index in [0.29, 0.717) is 6.54 Å². The third kappa shape index (κ3) is 3.63. The zero-order valence-corrected chi connectivity index (χ0v) is 14.9. The summed E-state index contributed by atoms with van der Waals surface area (Å²) in [7, 11) is 1.95. The van der Waals surface area contributed by atoms with Crippen LogP contribution in [0.3, 0.4) is 0 Å². The molecule has 0 aliphatic carbocycles. The number of likely N-dealkylation sites (N-methyl/N-ethyl adjacent to an activating group) is 1. The van der Waals surface area contributed by atoms with Crippen LogP contribution in [-0.4, -0.2) is 29.4 Å². The second-order valence-electron chi connectivity index (χ2n) is 5.97. The molecule has 3 aromatic rings. The normalized spacial score (nSPS) is 12.5. The number of aromatic nitrogens is 1. The average molecular weight is 339 g/mol. The summed E-state index contributed by atoms with van der Waals surface area (Å²) < 4.78 is 1.18. The van der Waals surface area contributed by atoms with Crippen LogP contribution in [0.4, 0.5) is 5.69 Å². The molecule has 0 aliphatic heterocycles. The number of para-hydroxylation sites is 2. The van der Waals surface area contributed by atoms with Crippen LogP contribution < -0.4 is 5.32 Å². The number of fused-ring (bicyclic) bond motifs is 1. The predicted molar refractivity (Wildman–Crippen MR) is 100 cm³/mol. The Morgan fingerprint density at radius 3 is 2.67 bits per heavy atom. The van der Waals surface area contributed by atoms with E-state index in [2.05, 4.69) is 23.3 Å². The van der Waals surface area contributed by atoms with Crippen molar-refractivity contribution in [1.29, 1.82) is 0 Å². The molecule has 1 aromatic heterocycles. The van der Waals surface area contributed by atoms with E-state index in [4.69, 9.17) is 0 Å². The number of nitrogens with one attached hydrogen (secondary N) is 1. The van der Waals surface area contributed by atoms with Crippen LogP contribution in [0.1, 0.15) is 23.5 Å². The summed E-state index contributed by atoms with van der Waals surface area (Å²) in [5, 5.41) is 4.01. The standard InChI is InChI=1S/C19H21N3OS/c1-13-8-4-5-9-15(13)20-18(23)12-22(3)14(2)19-21-16-10-6-7-11-17(16)24-19/h4-11,14H,12H2,1-3H3,(H,20,23)/t14-/m0/s1. The van der Waals surface area contributed by atoms with E-state index in [-0.39, 0.29) is 11.9 Å². The Bertz CT molecular complexity index is 825. The van der Waals surface area contributed by atoms with Crippen molar-refractivity contribution in [2.24, 2.45) is 0 Å². The summed E-state index contributed by atoms with van der Waals surface area (Å²) in [6.45, 7) is 4.40. The van der Waals surface area contributed by atoms with Crippen LogP contribution in [0.15, 0.2) is 48.5 Å². The average Bonchev–Trinajstić information content (AvgIpc) is 3.00. The highest BCUT2D eigenvalue weighted by molar-refractivity contribution is 7.18. The molecule has 24 heavy (non-hydrogen) atoms.